The largest absolute Gasteiger partial charge is 0.479 e. The number of unbranched alkanes of at least 4 members (excludes halogenated alkanes) is 9. The normalized spacial score (nSPS) is 9.76. The van der Waals surface area contributed by atoms with Crippen molar-refractivity contribution >= 4 is 29.2 Å². The molecular formula is C13H26OS2Zn. The van der Waals surface area contributed by atoms with Gasteiger partial charge < -0.3 is 4.74 Å². The second-order valence-corrected chi connectivity index (χ2v) is 5.38. The fourth-order valence-corrected chi connectivity index (χ4v) is 1.92. The molecule has 0 heterocycles. The Bertz CT molecular complexity index is 165. The van der Waals surface area contributed by atoms with Crippen LogP contribution >= 0.6 is 24.8 Å². The maximum atomic E-state index is 5.11. The molecule has 0 saturated carbocycles. The zero-order chi connectivity index (χ0) is 12.1. The van der Waals surface area contributed by atoms with E-state index in [1.165, 1.54) is 57.8 Å². The summed E-state index contributed by atoms with van der Waals surface area (Å²) in [6.45, 7) is 3.00. The van der Waals surface area contributed by atoms with Crippen molar-refractivity contribution in [2.45, 2.75) is 71.1 Å². The molecule has 0 rings (SSSR count). The first kappa shape index (κ1) is 20.2. The molecule has 0 saturated heterocycles. The van der Waals surface area contributed by atoms with Gasteiger partial charge in [0.15, 0.2) is 0 Å². The number of ether oxygens (including phenoxy) is 1. The first-order valence-corrected chi connectivity index (χ1v) is 7.48. The zero-order valence-corrected chi connectivity index (χ0v) is 15.9. The van der Waals surface area contributed by atoms with E-state index in [9.17, 15) is 0 Å². The summed E-state index contributed by atoms with van der Waals surface area (Å²) in [6, 6.07) is 0. The molecule has 98 valence electrons. The summed E-state index contributed by atoms with van der Waals surface area (Å²) in [4.78, 5) is 0. The van der Waals surface area contributed by atoms with Gasteiger partial charge in [-0.1, -0.05) is 77.3 Å². The summed E-state index contributed by atoms with van der Waals surface area (Å²) in [5.41, 5.74) is 0. The Morgan fingerprint density at radius 1 is 0.882 bits per heavy atom. The van der Waals surface area contributed by atoms with Gasteiger partial charge in [0.05, 0.1) is 6.61 Å². The molecule has 0 fully saturated rings. The summed E-state index contributed by atoms with van der Waals surface area (Å²) in [5, 5.41) is 0. The molecular weight excluding hydrogens is 302 g/mol. The Labute approximate surface area is 131 Å². The van der Waals surface area contributed by atoms with E-state index in [4.69, 9.17) is 17.0 Å². The minimum atomic E-state index is 0. The first-order valence-electron chi connectivity index (χ1n) is 6.63. The van der Waals surface area contributed by atoms with Crippen molar-refractivity contribution < 1.29 is 24.2 Å². The number of thiocarbonyl (C=S) groups is 1. The van der Waals surface area contributed by atoms with Crippen LogP contribution < -0.4 is 0 Å². The second kappa shape index (κ2) is 16.9. The molecule has 0 radical (unpaired) electrons. The van der Waals surface area contributed by atoms with Gasteiger partial charge in [0.2, 0.25) is 4.38 Å². The number of rotatable bonds is 11. The first-order chi connectivity index (χ1) is 7.77. The monoisotopic (exact) mass is 326 g/mol. The summed E-state index contributed by atoms with van der Waals surface area (Å²) in [6.07, 6.45) is 13.5. The van der Waals surface area contributed by atoms with Gasteiger partial charge in [-0.05, 0) is 18.6 Å². The van der Waals surface area contributed by atoms with Crippen molar-refractivity contribution in [3.8, 4) is 0 Å². The Morgan fingerprint density at radius 3 is 1.71 bits per heavy atom. The van der Waals surface area contributed by atoms with Crippen LogP contribution in [-0.4, -0.2) is 11.0 Å². The van der Waals surface area contributed by atoms with E-state index in [2.05, 4.69) is 19.6 Å². The fraction of sp³-hybridized carbons (Fsp3) is 0.923. The van der Waals surface area contributed by atoms with Gasteiger partial charge in [-0.25, -0.2) is 0 Å². The summed E-state index contributed by atoms with van der Waals surface area (Å²) < 4.78 is 5.48. The van der Waals surface area contributed by atoms with Gasteiger partial charge in [0.25, 0.3) is 0 Å². The Morgan fingerprint density at radius 2 is 1.29 bits per heavy atom. The van der Waals surface area contributed by atoms with Crippen LogP contribution in [0.5, 0.6) is 0 Å². The smallest absolute Gasteiger partial charge is 0.216 e. The summed E-state index contributed by atoms with van der Waals surface area (Å²) >= 11 is 8.61. The average molecular weight is 328 g/mol. The predicted molar refractivity (Wildman–Crippen MR) is 79.4 cm³/mol. The SMILES string of the molecule is CCCCCCCCCCCCOC(=S)S.[Zn]. The maximum Gasteiger partial charge on any atom is 0.216 e. The van der Waals surface area contributed by atoms with Crippen molar-refractivity contribution in [3.05, 3.63) is 0 Å². The van der Waals surface area contributed by atoms with Crippen molar-refractivity contribution in [1.29, 1.82) is 0 Å². The van der Waals surface area contributed by atoms with Gasteiger partial charge >= 0.3 is 0 Å². The van der Waals surface area contributed by atoms with Crippen LogP contribution in [-0.2, 0) is 24.2 Å². The molecule has 0 atom stereocenters. The van der Waals surface area contributed by atoms with Gasteiger partial charge in [-0.3, -0.25) is 0 Å². The zero-order valence-electron chi connectivity index (χ0n) is 11.2. The van der Waals surface area contributed by atoms with Crippen molar-refractivity contribution in [2.75, 3.05) is 6.61 Å². The topological polar surface area (TPSA) is 9.23 Å². The average Bonchev–Trinajstić information content (AvgIpc) is 2.25. The molecule has 1 nitrogen and oxygen atoms in total. The molecule has 0 aliphatic rings. The van der Waals surface area contributed by atoms with Crippen molar-refractivity contribution in [1.82, 2.24) is 0 Å². The van der Waals surface area contributed by atoms with E-state index >= 15 is 0 Å². The predicted octanol–water partition coefficient (Wildman–Crippen LogP) is 5.14. The fourth-order valence-electron chi connectivity index (χ4n) is 1.75. The Kier molecular flexibility index (Phi) is 20.0. The minimum absolute atomic E-state index is 0. The number of hydrogen-bond acceptors (Lipinski definition) is 2. The van der Waals surface area contributed by atoms with Crippen LogP contribution in [0.2, 0.25) is 0 Å². The molecule has 4 heteroatoms. The van der Waals surface area contributed by atoms with Crippen LogP contribution in [0.15, 0.2) is 0 Å². The van der Waals surface area contributed by atoms with E-state index < -0.39 is 0 Å². The number of thiol groups is 1. The third kappa shape index (κ3) is 19.4. The minimum Gasteiger partial charge on any atom is -0.479 e. The quantitative estimate of drug-likeness (QED) is 0.244. The molecule has 0 aliphatic heterocycles. The Balaban J connectivity index is 0. The molecule has 0 aromatic heterocycles. The maximum absolute atomic E-state index is 5.11. The van der Waals surface area contributed by atoms with Crippen molar-refractivity contribution in [2.24, 2.45) is 0 Å². The van der Waals surface area contributed by atoms with E-state index in [1.807, 2.05) is 0 Å². The molecule has 17 heavy (non-hydrogen) atoms. The Hall–Kier alpha value is 0.863. The van der Waals surface area contributed by atoms with Crippen LogP contribution in [0, 0.1) is 0 Å². The van der Waals surface area contributed by atoms with Gasteiger partial charge in [-0.2, -0.15) is 0 Å². The molecule has 0 unspecified atom stereocenters. The van der Waals surface area contributed by atoms with Gasteiger partial charge in [0, 0.05) is 19.5 Å². The molecule has 0 bridgehead atoms. The van der Waals surface area contributed by atoms with Crippen LogP contribution in [0.1, 0.15) is 71.1 Å². The van der Waals surface area contributed by atoms with E-state index in [-0.39, 0.29) is 19.5 Å². The van der Waals surface area contributed by atoms with E-state index in [0.717, 1.165) is 13.0 Å². The standard InChI is InChI=1S/C13H26OS2.Zn/c1-2-3-4-5-6-7-8-9-10-11-12-14-13(15)16;/h2-12H2,1H3,(H,15,16);. The van der Waals surface area contributed by atoms with Crippen LogP contribution in [0.4, 0.5) is 0 Å². The molecule has 0 aliphatic carbocycles. The molecule has 0 amide bonds. The third-order valence-corrected chi connectivity index (χ3v) is 2.97. The van der Waals surface area contributed by atoms with Gasteiger partial charge in [-0.15, -0.1) is 0 Å². The van der Waals surface area contributed by atoms with Gasteiger partial charge in [0.1, 0.15) is 0 Å². The van der Waals surface area contributed by atoms with Crippen molar-refractivity contribution in [3.63, 3.8) is 0 Å². The van der Waals surface area contributed by atoms with Crippen LogP contribution in [0.25, 0.3) is 0 Å². The third-order valence-electron chi connectivity index (χ3n) is 2.72. The second-order valence-electron chi connectivity index (χ2n) is 4.30. The molecule has 0 spiro atoms. The summed E-state index contributed by atoms with van der Waals surface area (Å²) in [5.74, 6) is 0. The summed E-state index contributed by atoms with van der Waals surface area (Å²) in [7, 11) is 0. The van der Waals surface area contributed by atoms with E-state index in [0.29, 0.717) is 4.38 Å². The molecule has 0 aromatic rings. The van der Waals surface area contributed by atoms with Crippen LogP contribution in [0.3, 0.4) is 0 Å². The molecule has 0 N–H and O–H groups in total. The molecule has 0 aromatic carbocycles. The van der Waals surface area contributed by atoms with E-state index in [1.54, 1.807) is 0 Å². The number of hydrogen-bond donors (Lipinski definition) is 1.